The molecule has 1 aromatic rings. The highest BCUT2D eigenvalue weighted by Gasteiger charge is 2.29. The van der Waals surface area contributed by atoms with Gasteiger partial charge in [0.15, 0.2) is 0 Å². The number of hydrogen-bond acceptors (Lipinski definition) is 2. The summed E-state index contributed by atoms with van der Waals surface area (Å²) < 4.78 is 5.82. The van der Waals surface area contributed by atoms with Crippen LogP contribution in [0, 0.1) is 0 Å². The summed E-state index contributed by atoms with van der Waals surface area (Å²) in [6.07, 6.45) is 1.91. The predicted molar refractivity (Wildman–Crippen MR) is 58.9 cm³/mol. The maximum absolute atomic E-state index is 6.07. The van der Waals surface area contributed by atoms with Crippen LogP contribution in [0.5, 0.6) is 5.75 Å². The average molecular weight is 212 g/mol. The van der Waals surface area contributed by atoms with Crippen LogP contribution in [0.2, 0.25) is 5.02 Å². The molecule has 0 spiro atoms. The van der Waals surface area contributed by atoms with Gasteiger partial charge in [-0.1, -0.05) is 11.6 Å². The first kappa shape index (κ1) is 9.66. The maximum Gasteiger partial charge on any atom is 0.147 e. The standard InChI is InChI=1S/C11H14ClNO/c1-11(2)6-5-7-8(12)3-4-9(13)10(7)14-11/h3-4H,5-6,13H2,1-2H3. The molecule has 0 amide bonds. The van der Waals surface area contributed by atoms with E-state index in [0.717, 1.165) is 29.2 Å². The summed E-state index contributed by atoms with van der Waals surface area (Å²) in [6.45, 7) is 4.13. The summed E-state index contributed by atoms with van der Waals surface area (Å²) >= 11 is 6.07. The van der Waals surface area contributed by atoms with Gasteiger partial charge in [-0.2, -0.15) is 0 Å². The largest absolute Gasteiger partial charge is 0.485 e. The van der Waals surface area contributed by atoms with Gasteiger partial charge in [-0.05, 0) is 38.8 Å². The Kier molecular flexibility index (Phi) is 2.11. The summed E-state index contributed by atoms with van der Waals surface area (Å²) in [6, 6.07) is 3.62. The third-order valence-corrected chi connectivity index (χ3v) is 2.94. The van der Waals surface area contributed by atoms with E-state index < -0.39 is 0 Å². The average Bonchev–Trinajstić information content (AvgIpc) is 2.10. The van der Waals surface area contributed by atoms with Crippen molar-refractivity contribution >= 4 is 17.3 Å². The molecule has 0 aromatic heterocycles. The van der Waals surface area contributed by atoms with Gasteiger partial charge in [-0.3, -0.25) is 0 Å². The third-order valence-electron chi connectivity index (χ3n) is 2.59. The number of rotatable bonds is 0. The number of hydrogen-bond donors (Lipinski definition) is 1. The normalized spacial score (nSPS) is 18.5. The number of benzene rings is 1. The van der Waals surface area contributed by atoms with Gasteiger partial charge in [0.1, 0.15) is 11.4 Å². The van der Waals surface area contributed by atoms with E-state index in [4.69, 9.17) is 22.1 Å². The highest BCUT2D eigenvalue weighted by molar-refractivity contribution is 6.31. The van der Waals surface area contributed by atoms with Crippen molar-refractivity contribution in [1.29, 1.82) is 0 Å². The molecule has 14 heavy (non-hydrogen) atoms. The molecule has 2 nitrogen and oxygen atoms in total. The Bertz CT molecular complexity index is 374. The van der Waals surface area contributed by atoms with Crippen molar-refractivity contribution in [2.45, 2.75) is 32.3 Å². The van der Waals surface area contributed by atoms with Gasteiger partial charge in [-0.25, -0.2) is 0 Å². The lowest BCUT2D eigenvalue weighted by molar-refractivity contribution is 0.0858. The van der Waals surface area contributed by atoms with E-state index >= 15 is 0 Å². The molecule has 0 radical (unpaired) electrons. The van der Waals surface area contributed by atoms with Crippen molar-refractivity contribution in [3.05, 3.63) is 22.7 Å². The molecule has 2 rings (SSSR count). The number of anilines is 1. The molecule has 0 unspecified atom stereocenters. The van der Waals surface area contributed by atoms with Gasteiger partial charge in [0.2, 0.25) is 0 Å². The topological polar surface area (TPSA) is 35.2 Å². The van der Waals surface area contributed by atoms with Gasteiger partial charge in [0.05, 0.1) is 5.69 Å². The fourth-order valence-corrected chi connectivity index (χ4v) is 1.97. The van der Waals surface area contributed by atoms with E-state index in [9.17, 15) is 0 Å². The highest BCUT2D eigenvalue weighted by Crippen LogP contribution is 2.40. The van der Waals surface area contributed by atoms with Crippen LogP contribution >= 0.6 is 11.6 Å². The van der Waals surface area contributed by atoms with Gasteiger partial charge in [0, 0.05) is 10.6 Å². The van der Waals surface area contributed by atoms with E-state index in [1.807, 2.05) is 6.07 Å². The van der Waals surface area contributed by atoms with E-state index in [1.165, 1.54) is 0 Å². The van der Waals surface area contributed by atoms with E-state index in [1.54, 1.807) is 6.07 Å². The Morgan fingerprint density at radius 3 is 2.86 bits per heavy atom. The van der Waals surface area contributed by atoms with E-state index in [2.05, 4.69) is 13.8 Å². The van der Waals surface area contributed by atoms with E-state index in [-0.39, 0.29) is 5.60 Å². The van der Waals surface area contributed by atoms with Gasteiger partial charge < -0.3 is 10.5 Å². The molecule has 76 valence electrons. The Morgan fingerprint density at radius 1 is 1.43 bits per heavy atom. The third kappa shape index (κ3) is 1.55. The minimum atomic E-state index is -0.133. The van der Waals surface area contributed by atoms with Crippen molar-refractivity contribution in [2.24, 2.45) is 0 Å². The van der Waals surface area contributed by atoms with Crippen molar-refractivity contribution in [1.82, 2.24) is 0 Å². The lowest BCUT2D eigenvalue weighted by Gasteiger charge is -2.33. The van der Waals surface area contributed by atoms with Gasteiger partial charge in [-0.15, -0.1) is 0 Å². The van der Waals surface area contributed by atoms with E-state index in [0.29, 0.717) is 5.69 Å². The number of ether oxygens (including phenoxy) is 1. The second kappa shape index (κ2) is 3.06. The Balaban J connectivity index is 2.51. The molecular formula is C11H14ClNO. The summed E-state index contributed by atoms with van der Waals surface area (Å²) in [4.78, 5) is 0. The molecule has 1 aromatic carbocycles. The van der Waals surface area contributed by atoms with Crippen LogP contribution in [0.25, 0.3) is 0 Å². The molecule has 2 N–H and O–H groups in total. The molecule has 1 aliphatic rings. The van der Waals surface area contributed by atoms with Crippen LogP contribution in [0.15, 0.2) is 12.1 Å². The van der Waals surface area contributed by atoms with Crippen LogP contribution in [0.4, 0.5) is 5.69 Å². The summed E-state index contributed by atoms with van der Waals surface area (Å²) in [5, 5.41) is 0.754. The molecule has 3 heteroatoms. The summed E-state index contributed by atoms with van der Waals surface area (Å²) in [5.74, 6) is 0.772. The van der Waals surface area contributed by atoms with Crippen molar-refractivity contribution < 1.29 is 4.74 Å². The minimum absolute atomic E-state index is 0.133. The molecular weight excluding hydrogens is 198 g/mol. The zero-order valence-corrected chi connectivity index (χ0v) is 9.19. The number of halogens is 1. The van der Waals surface area contributed by atoms with Crippen LogP contribution < -0.4 is 10.5 Å². The first-order valence-corrected chi connectivity index (χ1v) is 5.13. The second-order valence-electron chi connectivity index (χ2n) is 4.31. The molecule has 1 aliphatic heterocycles. The zero-order chi connectivity index (χ0) is 10.3. The van der Waals surface area contributed by atoms with Crippen LogP contribution in [0.1, 0.15) is 25.8 Å². The number of nitrogen functional groups attached to an aromatic ring is 1. The smallest absolute Gasteiger partial charge is 0.147 e. The maximum atomic E-state index is 6.07. The number of fused-ring (bicyclic) bond motifs is 1. The van der Waals surface area contributed by atoms with Crippen LogP contribution in [0.3, 0.4) is 0 Å². The lowest BCUT2D eigenvalue weighted by Crippen LogP contribution is -2.33. The highest BCUT2D eigenvalue weighted by atomic mass is 35.5. The minimum Gasteiger partial charge on any atom is -0.485 e. The fraction of sp³-hybridized carbons (Fsp3) is 0.455. The second-order valence-corrected chi connectivity index (χ2v) is 4.71. The number of nitrogens with two attached hydrogens (primary N) is 1. The van der Waals surface area contributed by atoms with Crippen molar-refractivity contribution in [3.63, 3.8) is 0 Å². The SMILES string of the molecule is CC1(C)CCc2c(Cl)ccc(N)c2O1. The lowest BCUT2D eigenvalue weighted by atomic mass is 9.94. The molecule has 0 fully saturated rings. The summed E-state index contributed by atoms with van der Waals surface area (Å²) in [7, 11) is 0. The Hall–Kier alpha value is -0.890. The van der Waals surface area contributed by atoms with Gasteiger partial charge in [0.25, 0.3) is 0 Å². The van der Waals surface area contributed by atoms with Gasteiger partial charge >= 0.3 is 0 Å². The monoisotopic (exact) mass is 211 g/mol. The molecule has 1 heterocycles. The summed E-state index contributed by atoms with van der Waals surface area (Å²) in [5.41, 5.74) is 7.44. The predicted octanol–water partition coefficient (Wildman–Crippen LogP) is 3.03. The molecule has 0 saturated heterocycles. The van der Waals surface area contributed by atoms with Crippen molar-refractivity contribution in [2.75, 3.05) is 5.73 Å². The molecule has 0 saturated carbocycles. The fourth-order valence-electron chi connectivity index (χ4n) is 1.73. The quantitative estimate of drug-likeness (QED) is 0.670. The Labute approximate surface area is 89.0 Å². The van der Waals surface area contributed by atoms with Crippen LogP contribution in [-0.2, 0) is 6.42 Å². The van der Waals surface area contributed by atoms with Crippen molar-refractivity contribution in [3.8, 4) is 5.75 Å². The molecule has 0 atom stereocenters. The molecule has 0 bridgehead atoms. The first-order chi connectivity index (χ1) is 6.49. The first-order valence-electron chi connectivity index (χ1n) is 4.75. The van der Waals surface area contributed by atoms with Crippen LogP contribution in [-0.4, -0.2) is 5.60 Å². The zero-order valence-electron chi connectivity index (χ0n) is 8.43. The molecule has 0 aliphatic carbocycles. The Morgan fingerprint density at radius 2 is 2.14 bits per heavy atom.